The maximum absolute atomic E-state index is 12.5. The first-order valence-corrected chi connectivity index (χ1v) is 9.49. The van der Waals surface area contributed by atoms with Crippen molar-refractivity contribution < 1.29 is 31.9 Å². The van der Waals surface area contributed by atoms with E-state index in [0.29, 0.717) is 35.1 Å². The average Bonchev–Trinajstić information content (AvgIpc) is 3.10. The number of alkyl halides is 3. The van der Waals surface area contributed by atoms with Crippen LogP contribution in [0, 0.1) is 0 Å². The van der Waals surface area contributed by atoms with Crippen LogP contribution in [0.5, 0.6) is 5.75 Å². The van der Waals surface area contributed by atoms with Crippen LogP contribution in [0.1, 0.15) is 35.7 Å². The van der Waals surface area contributed by atoms with Crippen molar-refractivity contribution in [3.8, 4) is 5.75 Å². The van der Waals surface area contributed by atoms with Crippen LogP contribution >= 0.6 is 23.2 Å². The number of hydrogen-bond donors (Lipinski definition) is 2. The van der Waals surface area contributed by atoms with Gasteiger partial charge in [-0.25, -0.2) is 4.98 Å². The van der Waals surface area contributed by atoms with E-state index in [2.05, 4.69) is 20.0 Å². The lowest BCUT2D eigenvalue weighted by atomic mass is 9.44. The van der Waals surface area contributed by atoms with Crippen LogP contribution in [0.4, 0.5) is 13.2 Å². The number of halogens is 5. The smallest absolute Gasteiger partial charge is 0.468 e. The summed E-state index contributed by atoms with van der Waals surface area (Å²) in [4.78, 5) is 27.3. The molecule has 3 fully saturated rings. The first-order valence-electron chi connectivity index (χ1n) is 8.74. The molecule has 30 heavy (non-hydrogen) atoms. The summed E-state index contributed by atoms with van der Waals surface area (Å²) in [5, 5.41) is 6.19. The molecule has 5 rings (SSSR count). The van der Waals surface area contributed by atoms with Crippen molar-refractivity contribution in [3.05, 3.63) is 46.1 Å². The minimum Gasteiger partial charge on any atom is -0.484 e. The third kappa shape index (κ3) is 3.93. The van der Waals surface area contributed by atoms with Gasteiger partial charge in [0, 0.05) is 17.1 Å². The molecule has 0 spiro atoms. The van der Waals surface area contributed by atoms with Crippen LogP contribution in [-0.4, -0.2) is 34.5 Å². The van der Waals surface area contributed by atoms with Crippen molar-refractivity contribution in [2.45, 2.75) is 36.5 Å². The molecular formula is C18H14Cl2F3N3O4. The van der Waals surface area contributed by atoms with E-state index in [0.717, 1.165) is 6.20 Å². The number of aromatic nitrogens is 1. The van der Waals surface area contributed by atoms with E-state index in [-0.39, 0.29) is 12.5 Å². The Kier molecular flexibility index (Phi) is 4.89. The topological polar surface area (TPSA) is 93.5 Å². The molecule has 0 radical (unpaired) electrons. The molecule has 0 atom stereocenters. The summed E-state index contributed by atoms with van der Waals surface area (Å²) in [5.41, 5.74) is -1.02. The summed E-state index contributed by atoms with van der Waals surface area (Å²) >= 11 is 11.7. The minimum absolute atomic E-state index is 0.225. The molecule has 1 heterocycles. The van der Waals surface area contributed by atoms with Gasteiger partial charge in [0.2, 0.25) is 5.76 Å². The number of rotatable bonds is 6. The number of hydrogen-bond acceptors (Lipinski definition) is 5. The average molecular weight is 464 g/mol. The molecule has 3 aliphatic rings. The zero-order valence-electron chi connectivity index (χ0n) is 15.1. The highest BCUT2D eigenvalue weighted by Crippen LogP contribution is 2.60. The summed E-state index contributed by atoms with van der Waals surface area (Å²) in [7, 11) is 0. The van der Waals surface area contributed by atoms with Crippen LogP contribution in [0.15, 0.2) is 28.8 Å². The Hall–Kier alpha value is -2.46. The first kappa shape index (κ1) is 20.8. The van der Waals surface area contributed by atoms with Crippen LogP contribution < -0.4 is 15.4 Å². The van der Waals surface area contributed by atoms with Gasteiger partial charge in [0.05, 0.1) is 16.2 Å². The maximum atomic E-state index is 12.5. The van der Waals surface area contributed by atoms with E-state index in [9.17, 15) is 22.8 Å². The lowest BCUT2D eigenvalue weighted by molar-refractivity contribution is -0.157. The number of benzene rings is 1. The zero-order valence-corrected chi connectivity index (χ0v) is 16.6. The van der Waals surface area contributed by atoms with Gasteiger partial charge in [-0.15, -0.1) is 0 Å². The van der Waals surface area contributed by atoms with Crippen LogP contribution in [0.2, 0.25) is 10.0 Å². The molecule has 12 heteroatoms. The van der Waals surface area contributed by atoms with Crippen molar-refractivity contribution in [3.63, 3.8) is 0 Å². The predicted octanol–water partition coefficient (Wildman–Crippen LogP) is 3.60. The Bertz CT molecular complexity index is 1000. The van der Waals surface area contributed by atoms with Crippen LogP contribution in [0.3, 0.4) is 0 Å². The molecule has 0 unspecified atom stereocenters. The van der Waals surface area contributed by atoms with Gasteiger partial charge in [0.15, 0.2) is 6.61 Å². The number of ether oxygens (including phenoxy) is 1. The summed E-state index contributed by atoms with van der Waals surface area (Å²) < 4.78 is 47.4. The standard InChI is InChI=1S/C18H14Cl2F3N3O4/c19-10-2-1-9(3-11(10)20)29-5-13(27)25-16-6-17(7-16,8-16)26-14(28)12-4-24-15(30-12)18(21,22)23/h1-4H,5-8H2,(H,25,27)(H,26,28). The third-order valence-electron chi connectivity index (χ3n) is 5.05. The highest BCUT2D eigenvalue weighted by Gasteiger charge is 2.69. The minimum atomic E-state index is -4.76. The molecule has 2 bridgehead atoms. The van der Waals surface area contributed by atoms with Crippen molar-refractivity contribution in [2.24, 2.45) is 0 Å². The lowest BCUT2D eigenvalue weighted by Gasteiger charge is -2.70. The van der Waals surface area contributed by atoms with Crippen molar-refractivity contribution >= 4 is 35.0 Å². The van der Waals surface area contributed by atoms with E-state index in [1.807, 2.05) is 0 Å². The highest BCUT2D eigenvalue weighted by molar-refractivity contribution is 6.42. The molecule has 0 saturated heterocycles. The highest BCUT2D eigenvalue weighted by atomic mass is 35.5. The second-order valence-electron chi connectivity index (χ2n) is 7.49. The van der Waals surface area contributed by atoms with Gasteiger partial charge >= 0.3 is 12.1 Å². The fourth-order valence-corrected chi connectivity index (χ4v) is 4.20. The molecule has 2 amide bonds. The zero-order chi connectivity index (χ0) is 21.7. The van der Waals surface area contributed by atoms with Gasteiger partial charge in [-0.3, -0.25) is 9.59 Å². The molecule has 3 saturated carbocycles. The summed E-state index contributed by atoms with van der Waals surface area (Å²) in [6, 6.07) is 4.63. The van der Waals surface area contributed by atoms with Crippen molar-refractivity contribution in [2.75, 3.05) is 6.61 Å². The normalized spacial score (nSPS) is 24.4. The fourth-order valence-electron chi connectivity index (χ4n) is 3.91. The Morgan fingerprint density at radius 2 is 1.80 bits per heavy atom. The second-order valence-corrected chi connectivity index (χ2v) is 8.30. The number of amides is 2. The molecule has 1 aromatic carbocycles. The number of nitrogens with zero attached hydrogens (tertiary/aromatic N) is 1. The molecule has 7 nitrogen and oxygen atoms in total. The molecular weight excluding hydrogens is 450 g/mol. The van der Waals surface area contributed by atoms with Gasteiger partial charge in [-0.05, 0) is 31.4 Å². The summed E-state index contributed by atoms with van der Waals surface area (Å²) in [6.45, 7) is -0.225. The van der Waals surface area contributed by atoms with Gasteiger partial charge in [0.25, 0.3) is 11.8 Å². The molecule has 2 N–H and O–H groups in total. The lowest BCUT2D eigenvalue weighted by Crippen LogP contribution is -2.84. The number of nitrogens with one attached hydrogen (secondary N) is 2. The van der Waals surface area contributed by atoms with Crippen molar-refractivity contribution in [1.82, 2.24) is 15.6 Å². The van der Waals surface area contributed by atoms with Crippen LogP contribution in [-0.2, 0) is 11.0 Å². The SMILES string of the molecule is O=C(COc1ccc(Cl)c(Cl)c1)NC12CC(NC(=O)c3cnc(C(F)(F)F)o3)(C1)C2. The van der Waals surface area contributed by atoms with Crippen molar-refractivity contribution in [1.29, 1.82) is 0 Å². The number of carbonyl (C=O) groups is 2. The number of oxazole rings is 1. The molecule has 2 aromatic rings. The predicted molar refractivity (Wildman–Crippen MR) is 98.4 cm³/mol. The summed E-state index contributed by atoms with van der Waals surface area (Å²) in [6.07, 6.45) is -2.64. The monoisotopic (exact) mass is 463 g/mol. The van der Waals surface area contributed by atoms with E-state index < -0.39 is 34.8 Å². The van der Waals surface area contributed by atoms with Gasteiger partial charge in [-0.2, -0.15) is 13.2 Å². The van der Waals surface area contributed by atoms with Gasteiger partial charge in [0.1, 0.15) is 5.75 Å². The van der Waals surface area contributed by atoms with E-state index >= 15 is 0 Å². The van der Waals surface area contributed by atoms with Gasteiger partial charge in [-0.1, -0.05) is 23.2 Å². The Balaban J connectivity index is 1.24. The largest absolute Gasteiger partial charge is 0.484 e. The van der Waals surface area contributed by atoms with E-state index in [1.165, 1.54) is 6.07 Å². The quantitative estimate of drug-likeness (QED) is 0.682. The van der Waals surface area contributed by atoms with Gasteiger partial charge < -0.3 is 19.8 Å². The molecule has 160 valence electrons. The second kappa shape index (κ2) is 7.05. The summed E-state index contributed by atoms with van der Waals surface area (Å²) in [5.74, 6) is -2.71. The Morgan fingerprint density at radius 1 is 1.13 bits per heavy atom. The first-order chi connectivity index (χ1) is 14.0. The molecule has 0 aliphatic heterocycles. The van der Waals surface area contributed by atoms with Crippen LogP contribution in [0.25, 0.3) is 0 Å². The Labute approximate surface area is 177 Å². The maximum Gasteiger partial charge on any atom is 0.468 e. The van der Waals surface area contributed by atoms with E-state index in [4.69, 9.17) is 27.9 Å². The van der Waals surface area contributed by atoms with E-state index in [1.54, 1.807) is 12.1 Å². The molecule has 3 aliphatic carbocycles. The fraction of sp³-hybridized carbons (Fsp3) is 0.389. The Morgan fingerprint density at radius 3 is 2.40 bits per heavy atom. The number of carbonyl (C=O) groups excluding carboxylic acids is 2. The third-order valence-corrected chi connectivity index (χ3v) is 5.79. The molecule has 1 aromatic heterocycles.